The van der Waals surface area contributed by atoms with Gasteiger partial charge in [-0.25, -0.2) is 9.89 Å². The molecule has 8 heteroatoms. The lowest BCUT2D eigenvalue weighted by Gasteiger charge is -2.37. The Balaban J connectivity index is 1.07. The van der Waals surface area contributed by atoms with Crippen LogP contribution in [0.2, 0.25) is 5.02 Å². The first-order valence-electron chi connectivity index (χ1n) is 11.7. The van der Waals surface area contributed by atoms with Crippen LogP contribution >= 0.6 is 11.6 Å². The lowest BCUT2D eigenvalue weighted by molar-refractivity contribution is 0.0482. The smallest absolute Gasteiger partial charge is 0.416 e. The zero-order chi connectivity index (χ0) is 22.1. The molecule has 172 valence electrons. The van der Waals surface area contributed by atoms with Gasteiger partial charge >= 0.3 is 6.09 Å². The van der Waals surface area contributed by atoms with Crippen LogP contribution in [0.15, 0.2) is 24.3 Å². The number of benzene rings is 1. The van der Waals surface area contributed by atoms with Crippen LogP contribution in [0.25, 0.3) is 0 Å². The summed E-state index contributed by atoms with van der Waals surface area (Å²) in [6, 6.07) is 7.90. The number of ether oxygens (including phenoxy) is 2. The number of amides is 1. The monoisotopic (exact) mass is 458 g/mol. The van der Waals surface area contributed by atoms with Crippen molar-refractivity contribution in [3.8, 4) is 11.6 Å². The van der Waals surface area contributed by atoms with Crippen molar-refractivity contribution in [3.05, 3.63) is 40.5 Å². The zero-order valence-electron chi connectivity index (χ0n) is 18.6. The number of hydrogen-bond acceptors (Lipinski definition) is 5. The Morgan fingerprint density at radius 1 is 1.28 bits per heavy atom. The highest BCUT2D eigenvalue weighted by atomic mass is 35.5. The summed E-state index contributed by atoms with van der Waals surface area (Å²) in [4.78, 5) is 16.4. The molecule has 1 aromatic heterocycles. The van der Waals surface area contributed by atoms with E-state index in [1.54, 1.807) is 11.9 Å². The molecule has 0 atom stereocenters. The van der Waals surface area contributed by atoms with Crippen molar-refractivity contribution >= 4 is 17.7 Å². The second-order valence-electron chi connectivity index (χ2n) is 9.47. The van der Waals surface area contributed by atoms with Crippen LogP contribution in [0.4, 0.5) is 4.79 Å². The standard InChI is InChI=1S/C24H31ClN4O3/c1-28(24(30)32-22-13-20(26-27-22)17-7-8-17)14-16-11-19(12-16)31-21-6-4-5-18(23(21)25)15-29-9-2-3-10-29/h4-6,13,16-17,19H,2-3,7-12,14-15H2,1H3,(H,26,27). The Morgan fingerprint density at radius 3 is 2.81 bits per heavy atom. The van der Waals surface area contributed by atoms with E-state index in [9.17, 15) is 4.79 Å². The largest absolute Gasteiger partial charge is 0.489 e. The highest BCUT2D eigenvalue weighted by molar-refractivity contribution is 6.32. The van der Waals surface area contributed by atoms with Crippen LogP contribution in [0, 0.1) is 5.92 Å². The van der Waals surface area contributed by atoms with E-state index in [0.717, 1.165) is 67.3 Å². The first-order valence-corrected chi connectivity index (χ1v) is 12.1. The van der Waals surface area contributed by atoms with Gasteiger partial charge in [0.15, 0.2) is 0 Å². The summed E-state index contributed by atoms with van der Waals surface area (Å²) < 4.78 is 11.6. The van der Waals surface area contributed by atoms with Gasteiger partial charge in [-0.1, -0.05) is 23.7 Å². The van der Waals surface area contributed by atoms with E-state index in [1.165, 1.54) is 12.8 Å². The predicted octanol–water partition coefficient (Wildman–Crippen LogP) is 4.82. The minimum atomic E-state index is -0.363. The van der Waals surface area contributed by atoms with Crippen molar-refractivity contribution in [1.29, 1.82) is 0 Å². The van der Waals surface area contributed by atoms with E-state index >= 15 is 0 Å². The van der Waals surface area contributed by atoms with Gasteiger partial charge < -0.3 is 14.4 Å². The summed E-state index contributed by atoms with van der Waals surface area (Å²) in [6.45, 7) is 3.81. The Bertz CT molecular complexity index is 948. The SMILES string of the molecule is CN(CC1CC(Oc2cccc(CN3CCCC3)c2Cl)C1)C(=O)Oc1cc(C2CC2)n[nH]1. The van der Waals surface area contributed by atoms with E-state index < -0.39 is 0 Å². The number of aromatic amines is 1. The molecule has 3 fully saturated rings. The van der Waals surface area contributed by atoms with Gasteiger partial charge in [0.25, 0.3) is 0 Å². The molecule has 0 bridgehead atoms. The molecule has 5 rings (SSSR count). The fraction of sp³-hybridized carbons (Fsp3) is 0.583. The first-order chi connectivity index (χ1) is 15.5. The molecule has 7 nitrogen and oxygen atoms in total. The number of carbonyl (C=O) groups excluding carboxylic acids is 1. The van der Waals surface area contributed by atoms with E-state index in [-0.39, 0.29) is 12.2 Å². The molecular formula is C24H31ClN4O3. The molecule has 2 aromatic rings. The van der Waals surface area contributed by atoms with Crippen molar-refractivity contribution < 1.29 is 14.3 Å². The molecule has 3 aliphatic rings. The number of hydrogen-bond donors (Lipinski definition) is 1. The van der Waals surface area contributed by atoms with E-state index in [0.29, 0.717) is 24.3 Å². The molecule has 1 aromatic carbocycles. The van der Waals surface area contributed by atoms with Crippen molar-refractivity contribution in [3.63, 3.8) is 0 Å². The Labute approximate surface area is 194 Å². The van der Waals surface area contributed by atoms with Crippen molar-refractivity contribution in [1.82, 2.24) is 20.0 Å². The zero-order valence-corrected chi connectivity index (χ0v) is 19.3. The summed E-state index contributed by atoms with van der Waals surface area (Å²) in [5.41, 5.74) is 2.12. The van der Waals surface area contributed by atoms with Gasteiger partial charge in [-0.15, -0.1) is 0 Å². The molecular weight excluding hydrogens is 428 g/mol. The molecule has 1 saturated heterocycles. The fourth-order valence-corrected chi connectivity index (χ4v) is 4.87. The fourth-order valence-electron chi connectivity index (χ4n) is 4.64. The average Bonchev–Trinajstić information content (AvgIpc) is 3.27. The van der Waals surface area contributed by atoms with Crippen LogP contribution < -0.4 is 9.47 Å². The number of likely N-dealkylation sites (tertiary alicyclic amines) is 1. The highest BCUT2D eigenvalue weighted by Gasteiger charge is 2.33. The summed E-state index contributed by atoms with van der Waals surface area (Å²) in [5, 5.41) is 7.76. The molecule has 0 unspecified atom stereocenters. The van der Waals surface area contributed by atoms with Gasteiger partial charge in [0.1, 0.15) is 5.75 Å². The normalized spacial score (nSPS) is 23.1. The Morgan fingerprint density at radius 2 is 2.06 bits per heavy atom. The second-order valence-corrected chi connectivity index (χ2v) is 9.85. The lowest BCUT2D eigenvalue weighted by Crippen LogP contribution is -2.42. The molecule has 2 heterocycles. The third-order valence-corrected chi connectivity index (χ3v) is 7.16. The van der Waals surface area contributed by atoms with Gasteiger partial charge in [-0.2, -0.15) is 5.10 Å². The molecule has 32 heavy (non-hydrogen) atoms. The van der Waals surface area contributed by atoms with Gasteiger partial charge in [0.2, 0.25) is 5.88 Å². The number of rotatable bonds is 8. The van der Waals surface area contributed by atoms with Crippen LogP contribution in [0.1, 0.15) is 55.7 Å². The molecule has 1 amide bonds. The maximum Gasteiger partial charge on any atom is 0.416 e. The molecule has 0 spiro atoms. The van der Waals surface area contributed by atoms with Crippen molar-refractivity contribution in [2.24, 2.45) is 5.92 Å². The van der Waals surface area contributed by atoms with Crippen LogP contribution in [-0.2, 0) is 6.54 Å². The quantitative estimate of drug-likeness (QED) is 0.613. The topological polar surface area (TPSA) is 70.7 Å². The molecule has 2 saturated carbocycles. The maximum absolute atomic E-state index is 12.4. The van der Waals surface area contributed by atoms with Crippen LogP contribution in [0.5, 0.6) is 11.6 Å². The third kappa shape index (κ3) is 5.04. The number of aromatic nitrogens is 2. The second kappa shape index (κ2) is 9.32. The number of halogens is 1. The van der Waals surface area contributed by atoms with Gasteiger partial charge in [0, 0.05) is 32.1 Å². The summed E-state index contributed by atoms with van der Waals surface area (Å²) >= 11 is 6.65. The van der Waals surface area contributed by atoms with E-state index in [1.807, 2.05) is 18.2 Å². The number of carbonyl (C=O) groups is 1. The van der Waals surface area contributed by atoms with Crippen LogP contribution in [-0.4, -0.2) is 58.9 Å². The van der Waals surface area contributed by atoms with Crippen molar-refractivity contribution in [2.75, 3.05) is 26.7 Å². The Kier molecular flexibility index (Phi) is 6.28. The molecule has 1 N–H and O–H groups in total. The molecule has 0 radical (unpaired) electrons. The lowest BCUT2D eigenvalue weighted by atomic mass is 9.82. The third-order valence-electron chi connectivity index (χ3n) is 6.73. The molecule has 2 aliphatic carbocycles. The number of nitrogens with zero attached hydrogens (tertiary/aromatic N) is 3. The van der Waals surface area contributed by atoms with Gasteiger partial charge in [-0.3, -0.25) is 4.90 Å². The van der Waals surface area contributed by atoms with E-state index in [4.69, 9.17) is 21.1 Å². The first kappa shape index (κ1) is 21.6. The average molecular weight is 459 g/mol. The minimum Gasteiger partial charge on any atom is -0.489 e. The predicted molar refractivity (Wildman–Crippen MR) is 122 cm³/mol. The summed E-state index contributed by atoms with van der Waals surface area (Å²) in [6.07, 6.45) is 6.44. The maximum atomic E-state index is 12.4. The summed E-state index contributed by atoms with van der Waals surface area (Å²) in [5.74, 6) is 2.11. The van der Waals surface area contributed by atoms with Crippen LogP contribution in [0.3, 0.4) is 0 Å². The minimum absolute atomic E-state index is 0.137. The van der Waals surface area contributed by atoms with Gasteiger partial charge in [-0.05, 0) is 69.2 Å². The number of nitrogens with one attached hydrogen (secondary N) is 1. The Hall–Kier alpha value is -2.25. The van der Waals surface area contributed by atoms with Crippen molar-refractivity contribution in [2.45, 2.75) is 57.1 Å². The summed E-state index contributed by atoms with van der Waals surface area (Å²) in [7, 11) is 1.77. The molecule has 1 aliphatic heterocycles. The van der Waals surface area contributed by atoms with Gasteiger partial charge in [0.05, 0.1) is 16.8 Å². The highest BCUT2D eigenvalue weighted by Crippen LogP contribution is 2.40. The van der Waals surface area contributed by atoms with E-state index in [2.05, 4.69) is 21.2 Å². The number of H-pyrrole nitrogens is 1.